The van der Waals surface area contributed by atoms with Gasteiger partial charge >= 0.3 is 12.0 Å². The zero-order valence-corrected chi connectivity index (χ0v) is 31.1. The minimum absolute atomic E-state index is 0.0436. The molecule has 0 saturated carbocycles. The van der Waals surface area contributed by atoms with Crippen LogP contribution in [0.1, 0.15) is 47.2 Å². The minimum atomic E-state index is -0.925. The number of nitrogens with zero attached hydrogens (tertiary/aromatic N) is 4. The molecule has 3 fully saturated rings. The van der Waals surface area contributed by atoms with Crippen LogP contribution in [-0.2, 0) is 15.7 Å². The summed E-state index contributed by atoms with van der Waals surface area (Å²) in [6, 6.07) is 17.1. The lowest BCUT2D eigenvalue weighted by Crippen LogP contribution is -2.59. The standard InChI is InChI=1S/C40H49F2N5O7/c1-52-33-23-28(24-34(53-2)36(33)54-3)37(50)47-18-12-39(27-47,30-9-10-31(41)32(42)25-30)11-15-44-16-13-40(14-17-44,29-7-5-4-6-8-29)43-38(51)46-21-19-45(20-22-46)26-35(48)49/h4-10,23-25H,11-22,26-27H2,1-3H3,(H,43,51)(H,48,49)/t39-/m1/s1. The second-order valence-electron chi connectivity index (χ2n) is 14.4. The van der Waals surface area contributed by atoms with E-state index >= 15 is 0 Å². The van der Waals surface area contributed by atoms with E-state index in [1.54, 1.807) is 28.0 Å². The van der Waals surface area contributed by atoms with Crippen molar-refractivity contribution in [3.05, 3.63) is 89.0 Å². The van der Waals surface area contributed by atoms with Crippen LogP contribution in [-0.4, -0.2) is 129 Å². The zero-order chi connectivity index (χ0) is 38.5. The molecule has 0 radical (unpaired) electrons. The first-order chi connectivity index (χ1) is 26.0. The predicted molar refractivity (Wildman–Crippen MR) is 197 cm³/mol. The Hall–Kier alpha value is -4.95. The fourth-order valence-corrected chi connectivity index (χ4v) is 8.20. The van der Waals surface area contributed by atoms with Gasteiger partial charge in [0.15, 0.2) is 23.1 Å². The summed E-state index contributed by atoms with van der Waals surface area (Å²) in [7, 11) is 4.47. The number of rotatable bonds is 12. The van der Waals surface area contributed by atoms with Crippen molar-refractivity contribution in [2.45, 2.75) is 36.6 Å². The van der Waals surface area contributed by atoms with Gasteiger partial charge < -0.3 is 39.3 Å². The molecule has 54 heavy (non-hydrogen) atoms. The van der Waals surface area contributed by atoms with Crippen LogP contribution in [0.2, 0.25) is 0 Å². The first-order valence-electron chi connectivity index (χ1n) is 18.3. The number of carboxylic acids is 1. The molecule has 6 rings (SSSR count). The molecule has 3 aliphatic rings. The fraction of sp³-hybridized carbons (Fsp3) is 0.475. The van der Waals surface area contributed by atoms with Crippen LogP contribution >= 0.6 is 0 Å². The lowest BCUT2D eigenvalue weighted by Gasteiger charge is -2.45. The Kier molecular flexibility index (Phi) is 11.9. The number of piperidine rings is 1. The van der Waals surface area contributed by atoms with Gasteiger partial charge in [0.1, 0.15) is 0 Å². The largest absolute Gasteiger partial charge is 0.493 e. The molecular weight excluding hydrogens is 700 g/mol. The summed E-state index contributed by atoms with van der Waals surface area (Å²) in [6.45, 7) is 4.59. The monoisotopic (exact) mass is 749 g/mol. The van der Waals surface area contributed by atoms with E-state index < -0.39 is 28.6 Å². The maximum absolute atomic E-state index is 14.7. The summed E-state index contributed by atoms with van der Waals surface area (Å²) < 4.78 is 45.3. The summed E-state index contributed by atoms with van der Waals surface area (Å²) in [5, 5.41) is 12.5. The van der Waals surface area contributed by atoms with Gasteiger partial charge in [0.05, 0.1) is 33.4 Å². The van der Waals surface area contributed by atoms with Gasteiger partial charge in [0.25, 0.3) is 5.91 Å². The highest BCUT2D eigenvalue weighted by Crippen LogP contribution is 2.42. The lowest BCUT2D eigenvalue weighted by atomic mass is 9.76. The van der Waals surface area contributed by atoms with Crippen LogP contribution in [0.15, 0.2) is 60.7 Å². The highest BCUT2D eigenvalue weighted by molar-refractivity contribution is 5.96. The lowest BCUT2D eigenvalue weighted by molar-refractivity contribution is -0.138. The Morgan fingerprint density at radius 2 is 1.41 bits per heavy atom. The van der Waals surface area contributed by atoms with Crippen LogP contribution in [0.25, 0.3) is 0 Å². The highest BCUT2D eigenvalue weighted by Gasteiger charge is 2.44. The number of methoxy groups -OCH3 is 3. The number of ether oxygens (including phenoxy) is 3. The van der Waals surface area contributed by atoms with E-state index in [1.807, 2.05) is 35.2 Å². The van der Waals surface area contributed by atoms with Crippen molar-refractivity contribution in [2.75, 3.05) is 86.8 Å². The Bertz CT molecular complexity index is 1790. The SMILES string of the molecule is COc1cc(C(=O)N2CC[C@@](CCN3CCC(NC(=O)N4CCN(CC(=O)O)CC4)(c4ccccc4)CC3)(c3ccc(F)c(F)c3)C2)cc(OC)c1OC. The molecule has 2 N–H and O–H groups in total. The van der Waals surface area contributed by atoms with Gasteiger partial charge in [-0.2, -0.15) is 0 Å². The van der Waals surface area contributed by atoms with Gasteiger partial charge in [0, 0.05) is 63.3 Å². The number of hydrogen-bond acceptors (Lipinski definition) is 8. The third-order valence-electron chi connectivity index (χ3n) is 11.4. The van der Waals surface area contributed by atoms with Crippen molar-refractivity contribution < 1.29 is 42.5 Å². The van der Waals surface area contributed by atoms with E-state index in [-0.39, 0.29) is 18.5 Å². The maximum Gasteiger partial charge on any atom is 0.318 e. The molecule has 0 aliphatic carbocycles. The van der Waals surface area contributed by atoms with Crippen molar-refractivity contribution in [2.24, 2.45) is 0 Å². The number of amides is 3. The molecule has 14 heteroatoms. The number of carbonyl (C=O) groups excluding carboxylic acids is 2. The normalized spacial score (nSPS) is 20.4. The molecule has 3 aromatic carbocycles. The van der Waals surface area contributed by atoms with Gasteiger partial charge in [-0.1, -0.05) is 36.4 Å². The van der Waals surface area contributed by atoms with E-state index in [9.17, 15) is 23.2 Å². The topological polar surface area (TPSA) is 124 Å². The summed E-state index contributed by atoms with van der Waals surface area (Å²) in [5.74, 6) is -1.87. The molecular formula is C40H49F2N5O7. The van der Waals surface area contributed by atoms with Gasteiger partial charge in [-0.05, 0) is 67.6 Å². The number of nitrogens with one attached hydrogen (secondary N) is 1. The summed E-state index contributed by atoms with van der Waals surface area (Å²) in [6.07, 6.45) is 2.48. The number of piperazine rings is 1. The van der Waals surface area contributed by atoms with Gasteiger partial charge in [-0.25, -0.2) is 13.6 Å². The first-order valence-corrected chi connectivity index (χ1v) is 18.3. The van der Waals surface area contributed by atoms with Crippen LogP contribution < -0.4 is 19.5 Å². The van der Waals surface area contributed by atoms with E-state index in [0.717, 1.165) is 11.6 Å². The number of hydrogen-bond donors (Lipinski definition) is 2. The van der Waals surface area contributed by atoms with Crippen molar-refractivity contribution in [1.29, 1.82) is 0 Å². The van der Waals surface area contributed by atoms with Crippen LogP contribution in [0.4, 0.5) is 13.6 Å². The first kappa shape index (κ1) is 38.8. The van der Waals surface area contributed by atoms with Crippen molar-refractivity contribution in [3.8, 4) is 17.2 Å². The Morgan fingerprint density at radius 3 is 2.00 bits per heavy atom. The molecule has 0 bridgehead atoms. The Balaban J connectivity index is 1.16. The average molecular weight is 750 g/mol. The van der Waals surface area contributed by atoms with E-state index in [1.165, 1.54) is 27.4 Å². The minimum Gasteiger partial charge on any atom is -0.493 e. The zero-order valence-electron chi connectivity index (χ0n) is 31.1. The number of halogens is 2. The summed E-state index contributed by atoms with van der Waals surface area (Å²) >= 11 is 0. The molecule has 3 saturated heterocycles. The third-order valence-corrected chi connectivity index (χ3v) is 11.4. The molecule has 3 amide bonds. The van der Waals surface area contributed by atoms with Crippen LogP contribution in [0.5, 0.6) is 17.2 Å². The molecule has 1 atom stereocenters. The number of urea groups is 1. The van der Waals surface area contributed by atoms with E-state index in [0.29, 0.717) is 113 Å². The summed E-state index contributed by atoms with van der Waals surface area (Å²) in [4.78, 5) is 46.5. The van der Waals surface area contributed by atoms with E-state index in [4.69, 9.17) is 19.3 Å². The molecule has 290 valence electrons. The van der Waals surface area contributed by atoms with Gasteiger partial charge in [-0.15, -0.1) is 0 Å². The van der Waals surface area contributed by atoms with Gasteiger partial charge in [0.2, 0.25) is 5.75 Å². The number of carbonyl (C=O) groups is 3. The molecule has 3 heterocycles. The average Bonchev–Trinajstić information content (AvgIpc) is 3.63. The van der Waals surface area contributed by atoms with Crippen LogP contribution in [0, 0.1) is 11.6 Å². The smallest absolute Gasteiger partial charge is 0.318 e. The summed E-state index contributed by atoms with van der Waals surface area (Å²) in [5.41, 5.74) is 0.811. The molecule has 0 unspecified atom stereocenters. The van der Waals surface area contributed by atoms with Gasteiger partial charge in [-0.3, -0.25) is 14.5 Å². The Labute approximate surface area is 314 Å². The van der Waals surface area contributed by atoms with Crippen molar-refractivity contribution in [1.82, 2.24) is 24.9 Å². The number of benzene rings is 3. The second-order valence-corrected chi connectivity index (χ2v) is 14.4. The highest BCUT2D eigenvalue weighted by atomic mass is 19.2. The van der Waals surface area contributed by atoms with Crippen LogP contribution in [0.3, 0.4) is 0 Å². The maximum atomic E-state index is 14.7. The number of carboxylic acid groups (broad SMARTS) is 1. The van der Waals surface area contributed by atoms with Crippen molar-refractivity contribution >= 4 is 17.9 Å². The van der Waals surface area contributed by atoms with Crippen molar-refractivity contribution in [3.63, 3.8) is 0 Å². The molecule has 0 aromatic heterocycles. The molecule has 0 spiro atoms. The third kappa shape index (κ3) is 8.24. The second kappa shape index (κ2) is 16.6. The molecule has 3 aliphatic heterocycles. The Morgan fingerprint density at radius 1 is 0.741 bits per heavy atom. The predicted octanol–water partition coefficient (Wildman–Crippen LogP) is 4.57. The number of likely N-dealkylation sites (tertiary alicyclic amines) is 2. The van der Waals surface area contributed by atoms with E-state index in [2.05, 4.69) is 10.2 Å². The quantitative estimate of drug-likeness (QED) is 0.274. The number of aliphatic carboxylic acids is 1. The fourth-order valence-electron chi connectivity index (χ4n) is 8.20. The molecule has 3 aromatic rings. The molecule has 12 nitrogen and oxygen atoms in total.